The lowest BCUT2D eigenvalue weighted by Gasteiger charge is -2.19. The molecule has 0 saturated heterocycles. The lowest BCUT2D eigenvalue weighted by molar-refractivity contribution is 0.524. The standard InChI is InChI=1S/C20H22FN3/c1-13-17-10-15(21)11-18(14-4-6-16(7-5-14)23(2)3)20(17)24-9-8-22-12-19(13)24/h4-7,10-11,22H,8-9,12H2,1-3H3. The molecule has 1 N–H and O–H groups in total. The summed E-state index contributed by atoms with van der Waals surface area (Å²) in [6.45, 7) is 4.82. The van der Waals surface area contributed by atoms with Crippen LogP contribution in [0.3, 0.4) is 0 Å². The lowest BCUT2D eigenvalue weighted by atomic mass is 10.0. The van der Waals surface area contributed by atoms with E-state index in [1.807, 2.05) is 14.1 Å². The highest BCUT2D eigenvalue weighted by Crippen LogP contribution is 2.36. The molecule has 2 aromatic carbocycles. The Labute approximate surface area is 141 Å². The first-order valence-corrected chi connectivity index (χ1v) is 8.36. The van der Waals surface area contributed by atoms with Gasteiger partial charge in [0.1, 0.15) is 5.82 Å². The molecule has 24 heavy (non-hydrogen) atoms. The van der Waals surface area contributed by atoms with Gasteiger partial charge in [-0.15, -0.1) is 0 Å². The van der Waals surface area contributed by atoms with Gasteiger partial charge < -0.3 is 14.8 Å². The number of aromatic nitrogens is 1. The quantitative estimate of drug-likeness (QED) is 0.771. The van der Waals surface area contributed by atoms with Gasteiger partial charge in [-0.05, 0) is 42.3 Å². The molecule has 0 fully saturated rings. The molecule has 1 aromatic heterocycles. The zero-order chi connectivity index (χ0) is 16.8. The van der Waals surface area contributed by atoms with Gasteiger partial charge in [0.25, 0.3) is 0 Å². The average Bonchev–Trinajstić information content (AvgIpc) is 2.87. The maximum atomic E-state index is 14.3. The van der Waals surface area contributed by atoms with Crippen molar-refractivity contribution in [3.8, 4) is 11.1 Å². The van der Waals surface area contributed by atoms with E-state index >= 15 is 0 Å². The predicted octanol–water partition coefficient (Wildman–Crippen LogP) is 3.93. The Kier molecular flexibility index (Phi) is 3.57. The summed E-state index contributed by atoms with van der Waals surface area (Å²) in [6, 6.07) is 11.7. The Morgan fingerprint density at radius 3 is 2.58 bits per heavy atom. The molecule has 0 spiro atoms. The number of aryl methyl sites for hydroxylation is 1. The molecule has 0 unspecified atom stereocenters. The highest BCUT2D eigenvalue weighted by atomic mass is 19.1. The molecule has 4 heteroatoms. The van der Waals surface area contributed by atoms with Gasteiger partial charge in [0, 0.05) is 56.1 Å². The third kappa shape index (κ3) is 2.29. The molecule has 3 aromatic rings. The van der Waals surface area contributed by atoms with E-state index in [1.54, 1.807) is 12.1 Å². The van der Waals surface area contributed by atoms with Gasteiger partial charge in [-0.1, -0.05) is 12.1 Å². The number of benzene rings is 2. The van der Waals surface area contributed by atoms with Gasteiger partial charge in [-0.2, -0.15) is 0 Å². The first kappa shape index (κ1) is 15.2. The normalized spacial score (nSPS) is 14.0. The van der Waals surface area contributed by atoms with E-state index in [2.05, 4.69) is 46.0 Å². The van der Waals surface area contributed by atoms with Crippen LogP contribution in [0.5, 0.6) is 0 Å². The number of hydrogen-bond donors (Lipinski definition) is 1. The highest BCUT2D eigenvalue weighted by Gasteiger charge is 2.20. The van der Waals surface area contributed by atoms with Gasteiger partial charge in [0.2, 0.25) is 0 Å². The van der Waals surface area contributed by atoms with Gasteiger partial charge >= 0.3 is 0 Å². The summed E-state index contributed by atoms with van der Waals surface area (Å²) >= 11 is 0. The third-order valence-electron chi connectivity index (χ3n) is 5.01. The number of nitrogens with zero attached hydrogens (tertiary/aromatic N) is 2. The summed E-state index contributed by atoms with van der Waals surface area (Å²) in [5.41, 5.74) is 6.79. The molecule has 124 valence electrons. The smallest absolute Gasteiger partial charge is 0.124 e. The zero-order valence-electron chi connectivity index (χ0n) is 14.4. The molecule has 0 atom stereocenters. The Morgan fingerprint density at radius 2 is 1.88 bits per heavy atom. The minimum Gasteiger partial charge on any atom is -0.378 e. The fourth-order valence-corrected chi connectivity index (χ4v) is 3.70. The van der Waals surface area contributed by atoms with E-state index in [-0.39, 0.29) is 5.82 Å². The van der Waals surface area contributed by atoms with Crippen molar-refractivity contribution in [2.75, 3.05) is 25.5 Å². The van der Waals surface area contributed by atoms with E-state index in [0.717, 1.165) is 47.4 Å². The van der Waals surface area contributed by atoms with Crippen molar-refractivity contribution in [3.63, 3.8) is 0 Å². The lowest BCUT2D eigenvalue weighted by Crippen LogP contribution is -2.28. The number of anilines is 1. The van der Waals surface area contributed by atoms with Crippen LogP contribution in [0.25, 0.3) is 22.0 Å². The molecule has 2 heterocycles. The second kappa shape index (κ2) is 5.64. The van der Waals surface area contributed by atoms with Crippen LogP contribution in [-0.2, 0) is 13.1 Å². The van der Waals surface area contributed by atoms with Crippen molar-refractivity contribution < 1.29 is 4.39 Å². The molecule has 4 rings (SSSR count). The summed E-state index contributed by atoms with van der Waals surface area (Å²) in [6.07, 6.45) is 0. The number of hydrogen-bond acceptors (Lipinski definition) is 2. The van der Waals surface area contributed by atoms with Crippen LogP contribution in [-0.4, -0.2) is 25.2 Å². The monoisotopic (exact) mass is 323 g/mol. The molecule has 0 aliphatic carbocycles. The molecule has 0 radical (unpaired) electrons. The van der Waals surface area contributed by atoms with Crippen molar-refractivity contribution in [1.82, 2.24) is 9.88 Å². The fraction of sp³-hybridized carbons (Fsp3) is 0.300. The summed E-state index contributed by atoms with van der Waals surface area (Å²) in [5, 5.41) is 4.44. The fourth-order valence-electron chi connectivity index (χ4n) is 3.70. The Bertz CT molecular complexity index is 907. The molecule has 0 saturated carbocycles. The Morgan fingerprint density at radius 1 is 1.12 bits per heavy atom. The van der Waals surface area contributed by atoms with Crippen molar-refractivity contribution in [2.45, 2.75) is 20.0 Å². The van der Waals surface area contributed by atoms with Crippen molar-refractivity contribution in [3.05, 3.63) is 53.5 Å². The molecule has 0 amide bonds. The maximum absolute atomic E-state index is 14.3. The molecule has 1 aliphatic heterocycles. The first-order valence-electron chi connectivity index (χ1n) is 8.36. The number of nitrogens with one attached hydrogen (secondary N) is 1. The minimum absolute atomic E-state index is 0.173. The predicted molar refractivity (Wildman–Crippen MR) is 98.1 cm³/mol. The van der Waals surface area contributed by atoms with E-state index in [4.69, 9.17) is 0 Å². The Hall–Kier alpha value is -2.33. The van der Waals surface area contributed by atoms with Crippen molar-refractivity contribution >= 4 is 16.6 Å². The molecular weight excluding hydrogens is 301 g/mol. The number of rotatable bonds is 2. The van der Waals surface area contributed by atoms with Crippen LogP contribution >= 0.6 is 0 Å². The maximum Gasteiger partial charge on any atom is 0.124 e. The zero-order valence-corrected chi connectivity index (χ0v) is 14.4. The first-order chi connectivity index (χ1) is 11.6. The summed E-state index contributed by atoms with van der Waals surface area (Å²) in [7, 11) is 4.05. The largest absolute Gasteiger partial charge is 0.378 e. The molecule has 1 aliphatic rings. The van der Waals surface area contributed by atoms with Crippen LogP contribution in [0.2, 0.25) is 0 Å². The average molecular weight is 323 g/mol. The van der Waals surface area contributed by atoms with Crippen LogP contribution in [0.15, 0.2) is 36.4 Å². The minimum atomic E-state index is -0.173. The summed E-state index contributed by atoms with van der Waals surface area (Å²) in [5.74, 6) is -0.173. The van der Waals surface area contributed by atoms with Crippen molar-refractivity contribution in [1.29, 1.82) is 0 Å². The highest BCUT2D eigenvalue weighted by molar-refractivity contribution is 5.98. The Balaban J connectivity index is 1.97. The van der Waals surface area contributed by atoms with Gasteiger partial charge in [0.15, 0.2) is 0 Å². The molecular formula is C20H22FN3. The van der Waals surface area contributed by atoms with Gasteiger partial charge in [-0.3, -0.25) is 0 Å². The second-order valence-electron chi connectivity index (χ2n) is 6.69. The van der Waals surface area contributed by atoms with E-state index in [9.17, 15) is 4.39 Å². The van der Waals surface area contributed by atoms with Gasteiger partial charge in [0.05, 0.1) is 5.52 Å². The summed E-state index contributed by atoms with van der Waals surface area (Å²) < 4.78 is 16.7. The van der Waals surface area contributed by atoms with E-state index in [1.165, 1.54) is 11.3 Å². The summed E-state index contributed by atoms with van der Waals surface area (Å²) in [4.78, 5) is 2.07. The van der Waals surface area contributed by atoms with Crippen LogP contribution < -0.4 is 10.2 Å². The van der Waals surface area contributed by atoms with Crippen LogP contribution in [0, 0.1) is 12.7 Å². The molecule has 0 bridgehead atoms. The van der Waals surface area contributed by atoms with E-state index in [0.29, 0.717) is 0 Å². The van der Waals surface area contributed by atoms with Crippen LogP contribution in [0.1, 0.15) is 11.3 Å². The van der Waals surface area contributed by atoms with E-state index < -0.39 is 0 Å². The second-order valence-corrected chi connectivity index (χ2v) is 6.69. The topological polar surface area (TPSA) is 20.2 Å². The SMILES string of the molecule is Cc1c2n(c3c(-c4ccc(N(C)C)cc4)cc(F)cc13)CCNC2. The molecule has 3 nitrogen and oxygen atoms in total. The van der Waals surface area contributed by atoms with Crippen molar-refractivity contribution in [2.24, 2.45) is 0 Å². The number of fused-ring (bicyclic) bond motifs is 3. The van der Waals surface area contributed by atoms with Gasteiger partial charge in [-0.25, -0.2) is 4.39 Å². The number of halogens is 1. The van der Waals surface area contributed by atoms with Crippen LogP contribution in [0.4, 0.5) is 10.1 Å². The third-order valence-corrected chi connectivity index (χ3v) is 5.01.